The molecule has 0 radical (unpaired) electrons. The number of halogens is 2. The molecule has 32 heavy (non-hydrogen) atoms. The molecule has 3 aromatic rings. The van der Waals surface area contributed by atoms with Crippen molar-refractivity contribution >= 4 is 58.2 Å². The summed E-state index contributed by atoms with van der Waals surface area (Å²) in [5, 5.41) is 3.73. The molecule has 1 aliphatic heterocycles. The summed E-state index contributed by atoms with van der Waals surface area (Å²) in [5.41, 5.74) is 1.10. The molecule has 3 aromatic carbocycles. The van der Waals surface area contributed by atoms with E-state index in [2.05, 4.69) is 5.32 Å². The van der Waals surface area contributed by atoms with Gasteiger partial charge in [0.15, 0.2) is 0 Å². The third-order valence-electron chi connectivity index (χ3n) is 4.61. The Morgan fingerprint density at radius 1 is 0.906 bits per heavy atom. The highest BCUT2D eigenvalue weighted by molar-refractivity contribution is 8.04. The van der Waals surface area contributed by atoms with E-state index in [0.717, 1.165) is 9.80 Å². The van der Waals surface area contributed by atoms with E-state index in [1.165, 1.54) is 17.8 Å². The molecule has 4 rings (SSSR count). The Bertz CT molecular complexity index is 1210. The lowest BCUT2D eigenvalue weighted by atomic mass is 10.2. The summed E-state index contributed by atoms with van der Waals surface area (Å²) in [6, 6.07) is 21.3. The van der Waals surface area contributed by atoms with Gasteiger partial charge in [-0.3, -0.25) is 9.59 Å². The number of rotatable bonds is 7. The lowest BCUT2D eigenvalue weighted by Crippen LogP contribution is -2.32. The van der Waals surface area contributed by atoms with Crippen LogP contribution in [-0.2, 0) is 9.59 Å². The Labute approximate surface area is 200 Å². The summed E-state index contributed by atoms with van der Waals surface area (Å²) in [4.78, 5) is 29.1. The number of carbonyl (C=O) groups is 2. The van der Waals surface area contributed by atoms with Crippen LogP contribution in [0.4, 0.5) is 11.4 Å². The fourth-order valence-corrected chi connectivity index (χ4v) is 4.41. The van der Waals surface area contributed by atoms with Crippen LogP contribution in [0, 0.1) is 0 Å². The first-order chi connectivity index (χ1) is 15.5. The summed E-state index contributed by atoms with van der Waals surface area (Å²) >= 11 is 13.4. The average molecular weight is 485 g/mol. The molecule has 0 atom stereocenters. The molecular formula is C24H18Cl2N2O3S. The minimum atomic E-state index is -0.488. The Morgan fingerprint density at radius 3 is 2.34 bits per heavy atom. The Morgan fingerprint density at radius 2 is 1.62 bits per heavy atom. The van der Waals surface area contributed by atoms with Crippen molar-refractivity contribution in [3.8, 4) is 5.75 Å². The number of carbonyl (C=O) groups excluding carboxylic acids is 2. The van der Waals surface area contributed by atoms with Gasteiger partial charge in [-0.05, 0) is 49.4 Å². The summed E-state index contributed by atoms with van der Waals surface area (Å²) < 4.78 is 5.67. The maximum absolute atomic E-state index is 13.4. The van der Waals surface area contributed by atoms with Crippen molar-refractivity contribution < 1.29 is 14.3 Å². The number of anilines is 2. The van der Waals surface area contributed by atoms with Crippen molar-refractivity contribution in [2.45, 2.75) is 11.8 Å². The van der Waals surface area contributed by atoms with Crippen LogP contribution < -0.4 is 15.0 Å². The van der Waals surface area contributed by atoms with Gasteiger partial charge in [0, 0.05) is 4.90 Å². The number of benzene rings is 3. The van der Waals surface area contributed by atoms with Crippen LogP contribution in [0.1, 0.15) is 6.92 Å². The van der Waals surface area contributed by atoms with Crippen LogP contribution in [-0.4, -0.2) is 18.4 Å². The van der Waals surface area contributed by atoms with E-state index in [1.54, 1.807) is 24.3 Å². The van der Waals surface area contributed by atoms with Gasteiger partial charge in [-0.2, -0.15) is 0 Å². The second-order valence-electron chi connectivity index (χ2n) is 6.72. The number of amides is 2. The number of para-hydroxylation sites is 2. The van der Waals surface area contributed by atoms with Crippen molar-refractivity contribution in [1.82, 2.24) is 0 Å². The quantitative estimate of drug-likeness (QED) is 0.394. The highest BCUT2D eigenvalue weighted by Gasteiger charge is 2.40. The SMILES string of the molecule is CCOc1ccccc1NC1=C(Sc2ccccc2)C(=O)N(c2ccc(Cl)c(Cl)c2)C1=O. The molecule has 1 N–H and O–H groups in total. The number of thioether (sulfide) groups is 1. The fourth-order valence-electron chi connectivity index (χ4n) is 3.17. The largest absolute Gasteiger partial charge is 0.492 e. The molecule has 1 heterocycles. The first kappa shape index (κ1) is 22.3. The molecule has 0 bridgehead atoms. The van der Waals surface area contributed by atoms with Crippen LogP contribution in [0.25, 0.3) is 0 Å². The van der Waals surface area contributed by atoms with Crippen LogP contribution in [0.5, 0.6) is 5.75 Å². The number of hydrogen-bond donors (Lipinski definition) is 1. The van der Waals surface area contributed by atoms with Gasteiger partial charge in [0.25, 0.3) is 11.8 Å². The van der Waals surface area contributed by atoms with Gasteiger partial charge in [0.2, 0.25) is 0 Å². The second kappa shape index (κ2) is 9.69. The monoisotopic (exact) mass is 484 g/mol. The molecule has 162 valence electrons. The maximum Gasteiger partial charge on any atom is 0.283 e. The van der Waals surface area contributed by atoms with Crippen molar-refractivity contribution in [1.29, 1.82) is 0 Å². The number of imide groups is 1. The maximum atomic E-state index is 13.4. The van der Waals surface area contributed by atoms with Gasteiger partial charge < -0.3 is 10.1 Å². The molecule has 8 heteroatoms. The normalized spacial score (nSPS) is 13.7. The summed E-state index contributed by atoms with van der Waals surface area (Å²) in [6.45, 7) is 2.34. The van der Waals surface area contributed by atoms with E-state index >= 15 is 0 Å². The van der Waals surface area contributed by atoms with E-state index in [4.69, 9.17) is 27.9 Å². The van der Waals surface area contributed by atoms with Gasteiger partial charge in [0.05, 0.1) is 28.0 Å². The first-order valence-electron chi connectivity index (χ1n) is 9.79. The summed E-state index contributed by atoms with van der Waals surface area (Å²) in [5.74, 6) is -0.350. The van der Waals surface area contributed by atoms with Gasteiger partial charge in [-0.25, -0.2) is 4.90 Å². The lowest BCUT2D eigenvalue weighted by molar-refractivity contribution is -0.120. The van der Waals surface area contributed by atoms with Crippen LogP contribution in [0.15, 0.2) is 88.3 Å². The number of nitrogens with zero attached hydrogens (tertiary/aromatic N) is 1. The minimum Gasteiger partial charge on any atom is -0.492 e. The second-order valence-corrected chi connectivity index (χ2v) is 8.62. The van der Waals surface area contributed by atoms with Gasteiger partial charge in [0.1, 0.15) is 16.4 Å². The first-order valence-corrected chi connectivity index (χ1v) is 11.4. The van der Waals surface area contributed by atoms with E-state index in [0.29, 0.717) is 28.8 Å². The predicted octanol–water partition coefficient (Wildman–Crippen LogP) is 6.38. The average Bonchev–Trinajstić information content (AvgIpc) is 3.02. The zero-order valence-corrected chi connectivity index (χ0v) is 19.3. The Balaban J connectivity index is 1.77. The zero-order chi connectivity index (χ0) is 22.7. The number of nitrogens with one attached hydrogen (secondary N) is 1. The smallest absolute Gasteiger partial charge is 0.283 e. The van der Waals surface area contributed by atoms with Crippen LogP contribution in [0.3, 0.4) is 0 Å². The molecule has 2 amide bonds. The Hall–Kier alpha value is -2.93. The van der Waals surface area contributed by atoms with Crippen molar-refractivity contribution in [2.24, 2.45) is 0 Å². The third-order valence-corrected chi connectivity index (χ3v) is 6.44. The third kappa shape index (κ3) is 4.48. The minimum absolute atomic E-state index is 0.169. The van der Waals surface area contributed by atoms with Crippen LogP contribution in [0.2, 0.25) is 10.0 Å². The molecule has 0 aromatic heterocycles. The highest BCUT2D eigenvalue weighted by Crippen LogP contribution is 2.40. The topological polar surface area (TPSA) is 58.6 Å². The summed E-state index contributed by atoms with van der Waals surface area (Å²) in [6.07, 6.45) is 0. The number of hydrogen-bond acceptors (Lipinski definition) is 5. The predicted molar refractivity (Wildman–Crippen MR) is 130 cm³/mol. The number of ether oxygens (including phenoxy) is 1. The van der Waals surface area contributed by atoms with Crippen LogP contribution >= 0.6 is 35.0 Å². The van der Waals surface area contributed by atoms with E-state index in [1.807, 2.05) is 49.4 Å². The van der Waals surface area contributed by atoms with Crippen molar-refractivity contribution in [2.75, 3.05) is 16.8 Å². The van der Waals surface area contributed by atoms with Gasteiger partial charge >= 0.3 is 0 Å². The lowest BCUT2D eigenvalue weighted by Gasteiger charge is -2.16. The highest BCUT2D eigenvalue weighted by atomic mass is 35.5. The van der Waals surface area contributed by atoms with Crippen molar-refractivity contribution in [3.05, 3.63) is 93.4 Å². The van der Waals surface area contributed by atoms with E-state index in [9.17, 15) is 9.59 Å². The zero-order valence-electron chi connectivity index (χ0n) is 17.0. The molecule has 0 saturated heterocycles. The van der Waals surface area contributed by atoms with Gasteiger partial charge in [-0.15, -0.1) is 0 Å². The summed E-state index contributed by atoms with van der Waals surface area (Å²) in [7, 11) is 0. The standard InChI is InChI=1S/C24H18Cl2N2O3S/c1-2-31-20-11-7-6-10-19(20)27-21-22(32-16-8-4-3-5-9-16)24(30)28(23(21)29)15-12-13-17(25)18(26)14-15/h3-14,27H,2H2,1H3. The molecule has 0 fully saturated rings. The van der Waals surface area contributed by atoms with Crippen molar-refractivity contribution in [3.63, 3.8) is 0 Å². The molecule has 1 aliphatic rings. The molecular weight excluding hydrogens is 467 g/mol. The molecule has 5 nitrogen and oxygen atoms in total. The fraction of sp³-hybridized carbons (Fsp3) is 0.0833. The van der Waals surface area contributed by atoms with Gasteiger partial charge in [-0.1, -0.05) is 65.3 Å². The molecule has 0 spiro atoms. The molecule has 0 unspecified atom stereocenters. The molecule has 0 saturated carbocycles. The van der Waals surface area contributed by atoms with E-state index in [-0.39, 0.29) is 15.6 Å². The Kier molecular flexibility index (Phi) is 6.74. The molecule has 0 aliphatic carbocycles. The van der Waals surface area contributed by atoms with E-state index < -0.39 is 11.8 Å².